The molecule has 1 aromatic carbocycles. The highest BCUT2D eigenvalue weighted by Crippen LogP contribution is 2.15. The van der Waals surface area contributed by atoms with Crippen LogP contribution in [0.25, 0.3) is 11.1 Å². The van der Waals surface area contributed by atoms with Crippen LogP contribution in [0.15, 0.2) is 27.4 Å². The number of benzene rings is 1. The summed E-state index contributed by atoms with van der Waals surface area (Å²) in [5.41, 5.74) is 2.08. The fourth-order valence-electron chi connectivity index (χ4n) is 1.64. The van der Waals surface area contributed by atoms with Gasteiger partial charge in [-0.05, 0) is 24.1 Å². The molecule has 0 saturated carbocycles. The maximum absolute atomic E-state index is 11.5. The lowest BCUT2D eigenvalue weighted by Gasteiger charge is -1.99. The van der Waals surface area contributed by atoms with Gasteiger partial charge in [0, 0.05) is 6.54 Å². The maximum atomic E-state index is 11.5. The Labute approximate surface area is 86.8 Å². The van der Waals surface area contributed by atoms with E-state index in [4.69, 9.17) is 9.52 Å². The van der Waals surface area contributed by atoms with Crippen molar-refractivity contribution in [2.45, 2.75) is 26.5 Å². The molecule has 0 saturated heterocycles. The molecule has 0 aliphatic heterocycles. The molecule has 4 heteroatoms. The minimum absolute atomic E-state index is 0.0430. The first-order valence-corrected chi connectivity index (χ1v) is 4.99. The van der Waals surface area contributed by atoms with Gasteiger partial charge in [0.2, 0.25) is 0 Å². The van der Waals surface area contributed by atoms with E-state index in [0.29, 0.717) is 12.1 Å². The van der Waals surface area contributed by atoms with Gasteiger partial charge in [-0.25, -0.2) is 4.79 Å². The summed E-state index contributed by atoms with van der Waals surface area (Å²) < 4.78 is 6.70. The summed E-state index contributed by atoms with van der Waals surface area (Å²) in [7, 11) is 0. The second kappa shape index (κ2) is 3.90. The summed E-state index contributed by atoms with van der Waals surface area (Å²) in [6, 6.07) is 5.30. The maximum Gasteiger partial charge on any atom is 0.419 e. The van der Waals surface area contributed by atoms with Crippen molar-refractivity contribution in [1.82, 2.24) is 4.57 Å². The predicted molar refractivity (Wildman–Crippen MR) is 56.7 cm³/mol. The highest BCUT2D eigenvalue weighted by molar-refractivity contribution is 5.73. The standard InChI is InChI=1S/C11H13NO3/c1-2-5-12-9-4-3-8(7-13)6-10(9)15-11(12)14/h3-4,6,13H,2,5,7H2,1H3. The zero-order valence-electron chi connectivity index (χ0n) is 8.56. The molecular formula is C11H13NO3. The second-order valence-electron chi connectivity index (χ2n) is 3.48. The first-order valence-electron chi connectivity index (χ1n) is 4.99. The van der Waals surface area contributed by atoms with Gasteiger partial charge < -0.3 is 9.52 Å². The molecule has 1 aromatic heterocycles. The summed E-state index contributed by atoms with van der Waals surface area (Å²) in [5.74, 6) is -0.332. The molecule has 0 unspecified atom stereocenters. The Morgan fingerprint density at radius 1 is 1.47 bits per heavy atom. The average molecular weight is 207 g/mol. The SMILES string of the molecule is CCCn1c(=O)oc2cc(CO)ccc21. The zero-order chi connectivity index (χ0) is 10.8. The Balaban J connectivity index is 2.63. The van der Waals surface area contributed by atoms with Crippen molar-refractivity contribution < 1.29 is 9.52 Å². The van der Waals surface area contributed by atoms with Gasteiger partial charge in [-0.3, -0.25) is 4.57 Å². The van der Waals surface area contributed by atoms with E-state index in [2.05, 4.69) is 0 Å². The van der Waals surface area contributed by atoms with Crippen molar-refractivity contribution in [3.05, 3.63) is 34.3 Å². The van der Waals surface area contributed by atoms with Crippen LogP contribution in [-0.2, 0) is 13.2 Å². The molecular weight excluding hydrogens is 194 g/mol. The number of aromatic nitrogens is 1. The predicted octanol–water partition coefficient (Wildman–Crippen LogP) is 1.50. The summed E-state index contributed by atoms with van der Waals surface area (Å²) in [6.45, 7) is 2.62. The number of fused-ring (bicyclic) bond motifs is 1. The smallest absolute Gasteiger partial charge is 0.408 e. The van der Waals surface area contributed by atoms with E-state index in [9.17, 15) is 4.79 Å². The number of hydrogen-bond donors (Lipinski definition) is 1. The fraction of sp³-hybridized carbons (Fsp3) is 0.364. The van der Waals surface area contributed by atoms with E-state index in [1.54, 1.807) is 22.8 Å². The van der Waals surface area contributed by atoms with Crippen molar-refractivity contribution in [1.29, 1.82) is 0 Å². The minimum Gasteiger partial charge on any atom is -0.408 e. The molecule has 2 rings (SSSR count). The molecule has 0 bridgehead atoms. The van der Waals surface area contributed by atoms with Gasteiger partial charge in [-0.2, -0.15) is 0 Å². The molecule has 0 fully saturated rings. The highest BCUT2D eigenvalue weighted by Gasteiger charge is 2.08. The van der Waals surface area contributed by atoms with Gasteiger partial charge in [0.25, 0.3) is 0 Å². The Morgan fingerprint density at radius 3 is 2.93 bits per heavy atom. The molecule has 0 radical (unpaired) electrons. The number of nitrogens with zero attached hydrogens (tertiary/aromatic N) is 1. The Hall–Kier alpha value is -1.55. The molecule has 2 aromatic rings. The van der Waals surface area contributed by atoms with Crippen LogP contribution in [0.1, 0.15) is 18.9 Å². The number of aliphatic hydroxyl groups excluding tert-OH is 1. The van der Waals surface area contributed by atoms with Crippen LogP contribution in [0.5, 0.6) is 0 Å². The van der Waals surface area contributed by atoms with Crippen LogP contribution < -0.4 is 5.76 Å². The lowest BCUT2D eigenvalue weighted by Crippen LogP contribution is -2.13. The van der Waals surface area contributed by atoms with Gasteiger partial charge in [0.1, 0.15) is 0 Å². The fourth-order valence-corrected chi connectivity index (χ4v) is 1.64. The monoisotopic (exact) mass is 207 g/mol. The van der Waals surface area contributed by atoms with Crippen molar-refractivity contribution >= 4 is 11.1 Å². The summed E-state index contributed by atoms with van der Waals surface area (Å²) in [6.07, 6.45) is 0.885. The molecule has 80 valence electrons. The van der Waals surface area contributed by atoms with Crippen molar-refractivity contribution in [3.8, 4) is 0 Å². The highest BCUT2D eigenvalue weighted by atomic mass is 16.4. The normalized spacial score (nSPS) is 11.1. The van der Waals surface area contributed by atoms with E-state index in [1.165, 1.54) is 0 Å². The van der Waals surface area contributed by atoms with Crippen molar-refractivity contribution in [3.63, 3.8) is 0 Å². The van der Waals surface area contributed by atoms with E-state index < -0.39 is 0 Å². The number of oxazole rings is 1. The van der Waals surface area contributed by atoms with E-state index in [-0.39, 0.29) is 12.4 Å². The summed E-state index contributed by atoms with van der Waals surface area (Å²) in [4.78, 5) is 11.5. The largest absolute Gasteiger partial charge is 0.419 e. The third-order valence-electron chi connectivity index (χ3n) is 2.36. The molecule has 15 heavy (non-hydrogen) atoms. The molecule has 0 aliphatic carbocycles. The third-order valence-corrected chi connectivity index (χ3v) is 2.36. The van der Waals surface area contributed by atoms with Crippen molar-refractivity contribution in [2.75, 3.05) is 0 Å². The van der Waals surface area contributed by atoms with Gasteiger partial charge in [-0.15, -0.1) is 0 Å². The van der Waals surface area contributed by atoms with E-state index in [0.717, 1.165) is 17.5 Å². The lowest BCUT2D eigenvalue weighted by molar-refractivity contribution is 0.282. The Kier molecular flexibility index (Phi) is 2.60. The average Bonchev–Trinajstić information content (AvgIpc) is 2.55. The van der Waals surface area contributed by atoms with E-state index >= 15 is 0 Å². The zero-order valence-corrected chi connectivity index (χ0v) is 8.56. The first kappa shape index (κ1) is 9.98. The van der Waals surface area contributed by atoms with Gasteiger partial charge in [-0.1, -0.05) is 13.0 Å². The van der Waals surface area contributed by atoms with E-state index in [1.807, 2.05) is 6.92 Å². The number of aryl methyl sites for hydroxylation is 1. The molecule has 0 spiro atoms. The van der Waals surface area contributed by atoms with Crippen LogP contribution in [-0.4, -0.2) is 9.67 Å². The van der Waals surface area contributed by atoms with Crippen molar-refractivity contribution in [2.24, 2.45) is 0 Å². The van der Waals surface area contributed by atoms with Gasteiger partial charge in [0.15, 0.2) is 5.58 Å². The summed E-state index contributed by atoms with van der Waals surface area (Å²) >= 11 is 0. The number of hydrogen-bond acceptors (Lipinski definition) is 3. The molecule has 0 aliphatic rings. The molecule has 4 nitrogen and oxygen atoms in total. The second-order valence-corrected chi connectivity index (χ2v) is 3.48. The van der Waals surface area contributed by atoms with Crippen LogP contribution in [0.2, 0.25) is 0 Å². The summed E-state index contributed by atoms with van der Waals surface area (Å²) in [5, 5.41) is 8.95. The molecule has 0 atom stereocenters. The van der Waals surface area contributed by atoms with Crippen LogP contribution in [0.3, 0.4) is 0 Å². The lowest BCUT2D eigenvalue weighted by atomic mass is 10.2. The Bertz CT molecular complexity index is 524. The molecule has 0 amide bonds. The first-order chi connectivity index (χ1) is 7.26. The van der Waals surface area contributed by atoms with Crippen LogP contribution in [0.4, 0.5) is 0 Å². The Morgan fingerprint density at radius 2 is 2.27 bits per heavy atom. The number of aliphatic hydroxyl groups is 1. The van der Waals surface area contributed by atoms with Gasteiger partial charge in [0.05, 0.1) is 12.1 Å². The molecule has 1 heterocycles. The third kappa shape index (κ3) is 1.68. The van der Waals surface area contributed by atoms with Gasteiger partial charge >= 0.3 is 5.76 Å². The topological polar surface area (TPSA) is 55.4 Å². The minimum atomic E-state index is -0.332. The van der Waals surface area contributed by atoms with Crippen LogP contribution in [0, 0.1) is 0 Å². The van der Waals surface area contributed by atoms with Crippen LogP contribution >= 0.6 is 0 Å². The number of rotatable bonds is 3. The molecule has 1 N–H and O–H groups in total. The quantitative estimate of drug-likeness (QED) is 0.829.